The number of nitrogens with zero attached hydrogens (tertiary/aromatic N) is 1. The summed E-state index contributed by atoms with van der Waals surface area (Å²) in [6, 6.07) is 23.3. The Kier molecular flexibility index (Phi) is 6.74. The van der Waals surface area contributed by atoms with Gasteiger partial charge < -0.3 is 14.8 Å². The second-order valence-electron chi connectivity index (χ2n) is 5.98. The van der Waals surface area contributed by atoms with Gasteiger partial charge in [0.1, 0.15) is 23.1 Å². The normalized spacial score (nSPS) is 10.9. The van der Waals surface area contributed by atoms with Crippen LogP contribution in [0.15, 0.2) is 84.4 Å². The van der Waals surface area contributed by atoms with Gasteiger partial charge in [-0.15, -0.1) is 0 Å². The van der Waals surface area contributed by atoms with Crippen LogP contribution in [0, 0.1) is 11.3 Å². The number of nitrogens with one attached hydrogen (secondary N) is 1. The van der Waals surface area contributed by atoms with Crippen molar-refractivity contribution in [1.29, 1.82) is 5.26 Å². The lowest BCUT2D eigenvalue weighted by molar-refractivity contribution is -0.112. The molecule has 1 N–H and O–H groups in total. The van der Waals surface area contributed by atoms with Gasteiger partial charge in [-0.1, -0.05) is 42.5 Å². The number of amides is 1. The summed E-state index contributed by atoms with van der Waals surface area (Å²) >= 11 is 0. The molecular weight excluding hydrogens is 390 g/mol. The molecule has 30 heavy (non-hydrogen) atoms. The van der Waals surface area contributed by atoms with E-state index >= 15 is 0 Å². The van der Waals surface area contributed by atoms with Crippen LogP contribution in [0.2, 0.25) is 0 Å². The van der Waals surface area contributed by atoms with E-state index in [-0.39, 0.29) is 11.3 Å². The molecule has 3 aromatic rings. The van der Waals surface area contributed by atoms with E-state index < -0.39 is 12.5 Å². The van der Waals surface area contributed by atoms with Gasteiger partial charge in [0.15, 0.2) is 5.75 Å². The molecule has 5 nitrogen and oxygen atoms in total. The summed E-state index contributed by atoms with van der Waals surface area (Å²) in [4.78, 5) is 12.6. The van der Waals surface area contributed by atoms with E-state index in [1.54, 1.807) is 36.4 Å². The van der Waals surface area contributed by atoms with Crippen molar-refractivity contribution in [3.63, 3.8) is 0 Å². The van der Waals surface area contributed by atoms with Crippen LogP contribution in [0.1, 0.15) is 5.56 Å². The number of para-hydroxylation sites is 3. The van der Waals surface area contributed by atoms with E-state index in [9.17, 15) is 18.8 Å². The zero-order valence-corrected chi connectivity index (χ0v) is 15.6. The first kappa shape index (κ1) is 20.6. The number of halogens is 2. The van der Waals surface area contributed by atoms with Crippen molar-refractivity contribution in [2.75, 3.05) is 5.32 Å². The van der Waals surface area contributed by atoms with E-state index in [4.69, 9.17) is 4.74 Å². The van der Waals surface area contributed by atoms with Crippen molar-refractivity contribution in [2.24, 2.45) is 0 Å². The summed E-state index contributed by atoms with van der Waals surface area (Å²) in [5, 5.41) is 12.0. The van der Waals surface area contributed by atoms with Gasteiger partial charge in [0.05, 0.1) is 5.69 Å². The standard InChI is InChI=1S/C23H16F2N2O3/c24-23(25)30-19-12-10-16(11-13-19)14-17(15-26)22(28)27-20-8-4-5-9-21(20)29-18-6-2-1-3-7-18/h1-14,23H,(H,27,28). The Morgan fingerprint density at radius 2 is 1.60 bits per heavy atom. The van der Waals surface area contributed by atoms with Crippen LogP contribution in [-0.4, -0.2) is 12.5 Å². The maximum atomic E-state index is 12.6. The van der Waals surface area contributed by atoms with Gasteiger partial charge >= 0.3 is 6.61 Å². The Balaban J connectivity index is 1.76. The van der Waals surface area contributed by atoms with Crippen LogP contribution in [0.4, 0.5) is 14.5 Å². The summed E-state index contributed by atoms with van der Waals surface area (Å²) in [5.41, 5.74) is 0.720. The number of anilines is 1. The van der Waals surface area contributed by atoms with Gasteiger partial charge in [-0.05, 0) is 48.0 Å². The van der Waals surface area contributed by atoms with Crippen LogP contribution < -0.4 is 14.8 Å². The highest BCUT2D eigenvalue weighted by Crippen LogP contribution is 2.29. The third kappa shape index (κ3) is 5.66. The third-order valence-electron chi connectivity index (χ3n) is 3.89. The number of nitriles is 1. The van der Waals surface area contributed by atoms with Gasteiger partial charge in [0.25, 0.3) is 5.91 Å². The van der Waals surface area contributed by atoms with Crippen molar-refractivity contribution in [1.82, 2.24) is 0 Å². The second-order valence-corrected chi connectivity index (χ2v) is 5.98. The van der Waals surface area contributed by atoms with Crippen molar-refractivity contribution in [3.8, 4) is 23.3 Å². The van der Waals surface area contributed by atoms with Crippen molar-refractivity contribution in [2.45, 2.75) is 6.61 Å². The quantitative estimate of drug-likeness (QED) is 0.408. The molecule has 0 fully saturated rings. The number of alkyl halides is 2. The summed E-state index contributed by atoms with van der Waals surface area (Å²) < 4.78 is 34.5. The summed E-state index contributed by atoms with van der Waals surface area (Å²) in [6.07, 6.45) is 1.35. The van der Waals surface area contributed by atoms with Crippen molar-refractivity contribution in [3.05, 3.63) is 90.0 Å². The average Bonchev–Trinajstić information content (AvgIpc) is 2.75. The van der Waals surface area contributed by atoms with E-state index in [1.165, 1.54) is 30.3 Å². The number of rotatable bonds is 7. The number of carbonyl (C=O) groups excluding carboxylic acids is 1. The van der Waals surface area contributed by atoms with E-state index in [0.717, 1.165) is 0 Å². The first-order valence-corrected chi connectivity index (χ1v) is 8.85. The molecule has 1 amide bonds. The highest BCUT2D eigenvalue weighted by atomic mass is 19.3. The number of hydrogen-bond acceptors (Lipinski definition) is 4. The third-order valence-corrected chi connectivity index (χ3v) is 3.89. The number of benzene rings is 3. The Labute approximate surface area is 171 Å². The molecule has 7 heteroatoms. The Bertz CT molecular complexity index is 1080. The topological polar surface area (TPSA) is 71.3 Å². The fraction of sp³-hybridized carbons (Fsp3) is 0.0435. The fourth-order valence-electron chi connectivity index (χ4n) is 2.52. The zero-order valence-electron chi connectivity index (χ0n) is 15.6. The highest BCUT2D eigenvalue weighted by Gasteiger charge is 2.13. The maximum Gasteiger partial charge on any atom is 0.387 e. The predicted molar refractivity (Wildman–Crippen MR) is 108 cm³/mol. The van der Waals surface area contributed by atoms with Gasteiger partial charge in [-0.3, -0.25) is 4.79 Å². The molecule has 0 aromatic heterocycles. The lowest BCUT2D eigenvalue weighted by Gasteiger charge is -2.12. The largest absolute Gasteiger partial charge is 0.455 e. The van der Waals surface area contributed by atoms with Gasteiger partial charge in [0.2, 0.25) is 0 Å². The zero-order chi connectivity index (χ0) is 21.3. The molecule has 0 spiro atoms. The lowest BCUT2D eigenvalue weighted by Crippen LogP contribution is -2.14. The smallest absolute Gasteiger partial charge is 0.387 e. The van der Waals surface area contributed by atoms with Crippen LogP contribution in [0.25, 0.3) is 6.08 Å². The molecule has 150 valence electrons. The average molecular weight is 406 g/mol. The molecule has 0 bridgehead atoms. The van der Waals surface area contributed by atoms with Crippen LogP contribution in [0.5, 0.6) is 17.2 Å². The predicted octanol–water partition coefficient (Wildman–Crippen LogP) is 5.63. The fourth-order valence-corrected chi connectivity index (χ4v) is 2.52. The maximum absolute atomic E-state index is 12.6. The highest BCUT2D eigenvalue weighted by molar-refractivity contribution is 6.10. The van der Waals surface area contributed by atoms with Crippen LogP contribution >= 0.6 is 0 Å². The van der Waals surface area contributed by atoms with Crippen LogP contribution in [0.3, 0.4) is 0 Å². The van der Waals surface area contributed by atoms with Gasteiger partial charge in [0, 0.05) is 0 Å². The molecular formula is C23H16F2N2O3. The van der Waals surface area contributed by atoms with Gasteiger partial charge in [-0.2, -0.15) is 14.0 Å². The summed E-state index contributed by atoms with van der Waals surface area (Å²) in [5.74, 6) is 0.371. The number of hydrogen-bond donors (Lipinski definition) is 1. The number of carbonyl (C=O) groups is 1. The molecule has 0 aliphatic carbocycles. The van der Waals surface area contributed by atoms with E-state index in [0.29, 0.717) is 22.7 Å². The minimum atomic E-state index is -2.93. The first-order valence-electron chi connectivity index (χ1n) is 8.85. The van der Waals surface area contributed by atoms with Gasteiger partial charge in [-0.25, -0.2) is 0 Å². The first-order chi connectivity index (χ1) is 14.5. The molecule has 0 saturated carbocycles. The minimum Gasteiger partial charge on any atom is -0.455 e. The van der Waals surface area contributed by atoms with E-state index in [1.807, 2.05) is 24.3 Å². The SMILES string of the molecule is N#CC(=Cc1ccc(OC(F)F)cc1)C(=O)Nc1ccccc1Oc1ccccc1. The molecule has 0 aliphatic rings. The molecule has 0 aliphatic heterocycles. The molecule has 0 atom stereocenters. The second kappa shape index (κ2) is 9.85. The molecule has 3 aromatic carbocycles. The van der Waals surface area contributed by atoms with Crippen molar-refractivity contribution < 1.29 is 23.0 Å². The van der Waals surface area contributed by atoms with Crippen LogP contribution in [-0.2, 0) is 4.79 Å². The molecule has 0 unspecified atom stereocenters. The van der Waals surface area contributed by atoms with E-state index in [2.05, 4.69) is 10.1 Å². The summed E-state index contributed by atoms with van der Waals surface area (Å²) in [6.45, 7) is -2.93. The minimum absolute atomic E-state index is 0.0166. The van der Waals surface area contributed by atoms with Crippen molar-refractivity contribution >= 4 is 17.7 Å². The summed E-state index contributed by atoms with van der Waals surface area (Å²) in [7, 11) is 0. The monoisotopic (exact) mass is 406 g/mol. The molecule has 0 radical (unpaired) electrons. The molecule has 3 rings (SSSR count). The number of ether oxygens (including phenoxy) is 2. The Hall–Kier alpha value is -4.18. The Morgan fingerprint density at radius 1 is 0.933 bits per heavy atom. The Morgan fingerprint density at radius 3 is 2.27 bits per heavy atom. The molecule has 0 saturated heterocycles. The molecule has 0 heterocycles. The lowest BCUT2D eigenvalue weighted by atomic mass is 10.1.